The monoisotopic (exact) mass is 382 g/mol. The number of rotatable bonds is 7. The lowest BCUT2D eigenvalue weighted by Gasteiger charge is -2.31. The van der Waals surface area contributed by atoms with Crippen LogP contribution in [0.2, 0.25) is 0 Å². The molecule has 8 heteroatoms. The van der Waals surface area contributed by atoms with Crippen LogP contribution in [0.1, 0.15) is 31.2 Å². The molecule has 2 rings (SSSR count). The number of carbonyl (C=O) groups excluding carboxylic acids is 1. The normalized spacial score (nSPS) is 16.3. The second kappa shape index (κ2) is 9.53. The summed E-state index contributed by atoms with van der Waals surface area (Å²) in [6.45, 7) is -2.11. The first-order valence-electron chi connectivity index (χ1n) is 9.07. The second-order valence-electron chi connectivity index (χ2n) is 6.95. The molecular formula is C19H28F2N4O2. The van der Waals surface area contributed by atoms with E-state index in [4.69, 9.17) is 0 Å². The van der Waals surface area contributed by atoms with Crippen LogP contribution in [0.4, 0.5) is 8.78 Å². The van der Waals surface area contributed by atoms with Gasteiger partial charge in [-0.25, -0.2) is 0 Å². The first-order chi connectivity index (χ1) is 12.9. The van der Waals surface area contributed by atoms with Gasteiger partial charge in [0.05, 0.1) is 5.41 Å². The highest BCUT2D eigenvalue weighted by Crippen LogP contribution is 2.38. The Morgan fingerprint density at radius 3 is 2.52 bits per heavy atom. The van der Waals surface area contributed by atoms with Crippen molar-refractivity contribution in [3.8, 4) is 5.75 Å². The summed E-state index contributed by atoms with van der Waals surface area (Å²) < 4.78 is 29.6. The Hall–Kier alpha value is -2.38. The number of nitrogens with zero attached hydrogens (tertiary/aromatic N) is 2. The van der Waals surface area contributed by atoms with Crippen LogP contribution in [0.5, 0.6) is 5.75 Å². The number of ether oxygens (including phenoxy) is 1. The van der Waals surface area contributed by atoms with Crippen LogP contribution in [-0.2, 0) is 11.3 Å². The molecule has 6 nitrogen and oxygen atoms in total. The molecule has 0 aromatic heterocycles. The van der Waals surface area contributed by atoms with Gasteiger partial charge in [0.2, 0.25) is 5.91 Å². The maximum absolute atomic E-state index is 12.6. The van der Waals surface area contributed by atoms with Gasteiger partial charge in [-0.3, -0.25) is 9.79 Å². The third kappa shape index (κ3) is 5.55. The Labute approximate surface area is 159 Å². The predicted molar refractivity (Wildman–Crippen MR) is 101 cm³/mol. The molecular weight excluding hydrogens is 354 g/mol. The highest BCUT2D eigenvalue weighted by atomic mass is 19.3. The Balaban J connectivity index is 1.98. The summed E-state index contributed by atoms with van der Waals surface area (Å²) >= 11 is 0. The van der Waals surface area contributed by atoms with Gasteiger partial charge in [-0.2, -0.15) is 8.78 Å². The Morgan fingerprint density at radius 1 is 1.26 bits per heavy atom. The van der Waals surface area contributed by atoms with E-state index in [0.717, 1.165) is 25.7 Å². The zero-order valence-corrected chi connectivity index (χ0v) is 16.1. The van der Waals surface area contributed by atoms with Gasteiger partial charge >= 0.3 is 6.61 Å². The van der Waals surface area contributed by atoms with Crippen molar-refractivity contribution in [2.75, 3.05) is 27.7 Å². The molecule has 0 spiro atoms. The number of benzene rings is 1. The number of aliphatic imine (C=N–C) groups is 1. The van der Waals surface area contributed by atoms with E-state index in [1.807, 2.05) is 0 Å². The fourth-order valence-corrected chi connectivity index (χ4v) is 3.51. The summed E-state index contributed by atoms with van der Waals surface area (Å²) in [5.74, 6) is 0.767. The fraction of sp³-hybridized carbons (Fsp3) is 0.579. The highest BCUT2D eigenvalue weighted by molar-refractivity contribution is 5.85. The molecule has 1 aromatic rings. The minimum Gasteiger partial charge on any atom is -0.434 e. The van der Waals surface area contributed by atoms with Crippen molar-refractivity contribution in [3.63, 3.8) is 0 Å². The van der Waals surface area contributed by atoms with Crippen LogP contribution < -0.4 is 15.4 Å². The largest absolute Gasteiger partial charge is 0.434 e. The summed E-state index contributed by atoms with van der Waals surface area (Å²) in [6.07, 6.45) is 3.76. The van der Waals surface area contributed by atoms with E-state index in [-0.39, 0.29) is 18.2 Å². The van der Waals surface area contributed by atoms with Crippen LogP contribution >= 0.6 is 0 Å². The van der Waals surface area contributed by atoms with Crippen molar-refractivity contribution in [1.82, 2.24) is 15.5 Å². The molecule has 150 valence electrons. The first kappa shape index (κ1) is 20.9. The smallest absolute Gasteiger partial charge is 0.387 e. The quantitative estimate of drug-likeness (QED) is 0.562. The second-order valence-corrected chi connectivity index (χ2v) is 6.95. The summed E-state index contributed by atoms with van der Waals surface area (Å²) in [7, 11) is 5.18. The van der Waals surface area contributed by atoms with E-state index in [2.05, 4.69) is 20.4 Å². The van der Waals surface area contributed by atoms with Crippen molar-refractivity contribution in [2.24, 2.45) is 10.4 Å². The lowest BCUT2D eigenvalue weighted by atomic mass is 9.84. The van der Waals surface area contributed by atoms with Crippen LogP contribution in [0.3, 0.4) is 0 Å². The Bertz CT molecular complexity index is 659. The number of hydrogen-bond donors (Lipinski definition) is 2. The molecule has 1 aliphatic carbocycles. The van der Waals surface area contributed by atoms with Crippen LogP contribution in [-0.4, -0.2) is 51.1 Å². The van der Waals surface area contributed by atoms with Crippen LogP contribution in [0, 0.1) is 5.41 Å². The molecule has 1 saturated carbocycles. The molecule has 27 heavy (non-hydrogen) atoms. The molecule has 0 bridgehead atoms. The number of alkyl halides is 2. The van der Waals surface area contributed by atoms with Crippen molar-refractivity contribution in [3.05, 3.63) is 29.8 Å². The molecule has 1 amide bonds. The average molecular weight is 382 g/mol. The predicted octanol–water partition coefficient (Wildman–Crippen LogP) is 2.60. The third-order valence-electron chi connectivity index (χ3n) is 4.87. The number of halogens is 2. The molecule has 1 fully saturated rings. The zero-order valence-electron chi connectivity index (χ0n) is 16.1. The number of carbonyl (C=O) groups is 1. The molecule has 1 aromatic carbocycles. The number of amides is 1. The van der Waals surface area contributed by atoms with E-state index in [0.29, 0.717) is 18.1 Å². The minimum atomic E-state index is -2.87. The third-order valence-corrected chi connectivity index (χ3v) is 4.87. The minimum absolute atomic E-state index is 0.124. The first-order valence-corrected chi connectivity index (χ1v) is 9.07. The molecule has 0 saturated heterocycles. The van der Waals surface area contributed by atoms with Crippen LogP contribution in [0.15, 0.2) is 29.3 Å². The molecule has 2 N–H and O–H groups in total. The standard InChI is InChI=1S/C19H28F2N4O2/c1-22-18(23-12-14-8-4-5-9-15(14)27-17(20)21)24-13-19(10-6-7-11-19)16(26)25(2)3/h4-5,8-9,17H,6-7,10-13H2,1-3H3,(H2,22,23,24). The number of nitrogens with one attached hydrogen (secondary N) is 2. The summed E-state index contributed by atoms with van der Waals surface area (Å²) in [5, 5.41) is 6.32. The van der Waals surface area contributed by atoms with Crippen molar-refractivity contribution in [1.29, 1.82) is 0 Å². The van der Waals surface area contributed by atoms with Crippen molar-refractivity contribution >= 4 is 11.9 Å². The summed E-state index contributed by atoms with van der Waals surface area (Å²) in [5.41, 5.74) is 0.179. The topological polar surface area (TPSA) is 66.0 Å². The van der Waals surface area contributed by atoms with E-state index in [9.17, 15) is 13.6 Å². The maximum Gasteiger partial charge on any atom is 0.387 e. The van der Waals surface area contributed by atoms with Crippen LogP contribution in [0.25, 0.3) is 0 Å². The number of hydrogen-bond acceptors (Lipinski definition) is 3. The van der Waals surface area contributed by atoms with E-state index >= 15 is 0 Å². The lowest BCUT2D eigenvalue weighted by molar-refractivity contribution is -0.138. The summed E-state index contributed by atoms with van der Waals surface area (Å²) in [6, 6.07) is 6.62. The Kier molecular flexibility index (Phi) is 7.38. The van der Waals surface area contributed by atoms with E-state index in [1.54, 1.807) is 44.2 Å². The van der Waals surface area contributed by atoms with E-state index in [1.165, 1.54) is 6.07 Å². The highest BCUT2D eigenvalue weighted by Gasteiger charge is 2.42. The lowest BCUT2D eigenvalue weighted by Crippen LogP contribution is -2.49. The SMILES string of the molecule is CN=C(NCc1ccccc1OC(F)F)NCC1(C(=O)N(C)C)CCCC1. The van der Waals surface area contributed by atoms with Gasteiger partial charge in [0, 0.05) is 39.8 Å². The number of guanidine groups is 1. The molecule has 0 heterocycles. The molecule has 1 aliphatic rings. The van der Waals surface area contributed by atoms with E-state index < -0.39 is 12.0 Å². The molecule has 0 radical (unpaired) electrons. The average Bonchev–Trinajstić information content (AvgIpc) is 3.12. The van der Waals surface area contributed by atoms with Gasteiger partial charge in [-0.1, -0.05) is 31.0 Å². The zero-order chi connectivity index (χ0) is 19.9. The number of para-hydroxylation sites is 1. The van der Waals surface area contributed by atoms with Gasteiger partial charge < -0.3 is 20.3 Å². The fourth-order valence-electron chi connectivity index (χ4n) is 3.51. The van der Waals surface area contributed by atoms with Gasteiger partial charge in [-0.05, 0) is 18.9 Å². The molecule has 0 unspecified atom stereocenters. The van der Waals surface area contributed by atoms with Crippen molar-refractivity contribution in [2.45, 2.75) is 38.8 Å². The van der Waals surface area contributed by atoms with Gasteiger partial charge in [-0.15, -0.1) is 0 Å². The van der Waals surface area contributed by atoms with Gasteiger partial charge in [0.25, 0.3) is 0 Å². The van der Waals surface area contributed by atoms with Gasteiger partial charge in [0.1, 0.15) is 5.75 Å². The van der Waals surface area contributed by atoms with Crippen molar-refractivity contribution < 1.29 is 18.3 Å². The molecule has 0 atom stereocenters. The Morgan fingerprint density at radius 2 is 1.93 bits per heavy atom. The van der Waals surface area contributed by atoms with Gasteiger partial charge in [0.15, 0.2) is 5.96 Å². The maximum atomic E-state index is 12.6. The molecule has 0 aliphatic heterocycles. The summed E-state index contributed by atoms with van der Waals surface area (Å²) in [4.78, 5) is 18.4.